The van der Waals surface area contributed by atoms with Gasteiger partial charge < -0.3 is 14.8 Å². The van der Waals surface area contributed by atoms with Crippen LogP contribution in [0.4, 0.5) is 5.82 Å². The minimum absolute atomic E-state index is 0.277. The Bertz CT molecular complexity index is 1280. The second kappa shape index (κ2) is 8.26. The third-order valence-electron chi connectivity index (χ3n) is 5.09. The van der Waals surface area contributed by atoms with Crippen LogP contribution in [0.1, 0.15) is 29.8 Å². The maximum absolute atomic E-state index is 13.0. The summed E-state index contributed by atoms with van der Waals surface area (Å²) in [6.07, 6.45) is 0. The normalized spacial score (nSPS) is 11.3. The zero-order valence-corrected chi connectivity index (χ0v) is 18.4. The van der Waals surface area contributed by atoms with E-state index in [0.717, 1.165) is 27.5 Å². The summed E-state index contributed by atoms with van der Waals surface area (Å²) in [5, 5.41) is 9.45. The van der Waals surface area contributed by atoms with Crippen LogP contribution in [0.15, 0.2) is 42.5 Å². The summed E-state index contributed by atoms with van der Waals surface area (Å²) in [6, 6.07) is 13.2. The van der Waals surface area contributed by atoms with E-state index in [9.17, 15) is 4.79 Å². The average molecular weight is 418 g/mol. The Morgan fingerprint density at radius 2 is 1.84 bits per heavy atom. The lowest BCUT2D eigenvalue weighted by molar-refractivity contribution is 0.102. The van der Waals surface area contributed by atoms with Crippen LogP contribution in [-0.2, 0) is 6.54 Å². The molecule has 1 N–H and O–H groups in total. The first-order valence-electron chi connectivity index (χ1n) is 10.2. The highest BCUT2D eigenvalue weighted by Crippen LogP contribution is 2.30. The molecule has 31 heavy (non-hydrogen) atoms. The summed E-state index contributed by atoms with van der Waals surface area (Å²) in [5.41, 5.74) is 3.27. The van der Waals surface area contributed by atoms with Gasteiger partial charge >= 0.3 is 0 Å². The highest BCUT2D eigenvalue weighted by Gasteiger charge is 2.18. The topological polar surface area (TPSA) is 78.3 Å². The van der Waals surface area contributed by atoms with Gasteiger partial charge in [-0.3, -0.25) is 4.79 Å². The van der Waals surface area contributed by atoms with Gasteiger partial charge in [-0.1, -0.05) is 26.0 Å². The van der Waals surface area contributed by atoms with Crippen molar-refractivity contribution < 1.29 is 14.3 Å². The number of benzene rings is 2. The summed E-state index contributed by atoms with van der Waals surface area (Å²) in [4.78, 5) is 17.8. The van der Waals surface area contributed by atoms with E-state index in [1.54, 1.807) is 32.4 Å². The van der Waals surface area contributed by atoms with Gasteiger partial charge in [-0.15, -0.1) is 0 Å². The molecule has 7 heteroatoms. The quantitative estimate of drug-likeness (QED) is 0.486. The number of aryl methyl sites for hydroxylation is 1. The van der Waals surface area contributed by atoms with E-state index in [0.29, 0.717) is 35.3 Å². The number of rotatable bonds is 6. The van der Waals surface area contributed by atoms with E-state index in [1.807, 2.05) is 23.7 Å². The number of carbonyl (C=O) groups excluding carboxylic acids is 1. The Labute approximate surface area is 181 Å². The van der Waals surface area contributed by atoms with Crippen LogP contribution < -0.4 is 14.8 Å². The number of nitrogens with one attached hydrogen (secondary N) is 1. The van der Waals surface area contributed by atoms with E-state index < -0.39 is 0 Å². The van der Waals surface area contributed by atoms with Crippen LogP contribution in [0.3, 0.4) is 0 Å². The molecule has 160 valence electrons. The first-order chi connectivity index (χ1) is 14.9. The minimum Gasteiger partial charge on any atom is -0.493 e. The summed E-state index contributed by atoms with van der Waals surface area (Å²) in [7, 11) is 3.10. The summed E-state index contributed by atoms with van der Waals surface area (Å²) in [5.74, 6) is 1.66. The Balaban J connectivity index is 1.77. The molecule has 0 spiro atoms. The number of nitrogens with zero attached hydrogens (tertiary/aromatic N) is 3. The van der Waals surface area contributed by atoms with Gasteiger partial charge in [-0.2, -0.15) is 5.10 Å². The molecule has 2 heterocycles. The first-order valence-corrected chi connectivity index (χ1v) is 10.2. The minimum atomic E-state index is -0.277. The van der Waals surface area contributed by atoms with E-state index in [4.69, 9.17) is 14.5 Å². The van der Waals surface area contributed by atoms with Crippen molar-refractivity contribution in [2.75, 3.05) is 19.5 Å². The number of fused-ring (bicyclic) bond motifs is 2. The van der Waals surface area contributed by atoms with Crippen LogP contribution in [0.25, 0.3) is 21.9 Å². The second-order valence-electron chi connectivity index (χ2n) is 8.00. The molecule has 0 aliphatic rings. The third kappa shape index (κ3) is 4.03. The first kappa shape index (κ1) is 20.7. The van der Waals surface area contributed by atoms with Gasteiger partial charge in [-0.05, 0) is 48.7 Å². The van der Waals surface area contributed by atoms with E-state index >= 15 is 0 Å². The monoisotopic (exact) mass is 418 g/mol. The number of anilines is 1. The predicted molar refractivity (Wildman–Crippen MR) is 122 cm³/mol. The van der Waals surface area contributed by atoms with E-state index in [2.05, 4.69) is 36.4 Å². The van der Waals surface area contributed by atoms with Crippen molar-refractivity contribution in [1.29, 1.82) is 0 Å². The molecule has 0 aliphatic heterocycles. The average Bonchev–Trinajstić information content (AvgIpc) is 3.06. The van der Waals surface area contributed by atoms with Crippen molar-refractivity contribution >= 4 is 33.7 Å². The van der Waals surface area contributed by atoms with Crippen molar-refractivity contribution in [3.05, 3.63) is 53.6 Å². The lowest BCUT2D eigenvalue weighted by atomic mass is 10.1. The molecule has 0 saturated heterocycles. The van der Waals surface area contributed by atoms with Gasteiger partial charge in [0.05, 0.1) is 25.1 Å². The van der Waals surface area contributed by atoms with Crippen molar-refractivity contribution in [2.45, 2.75) is 27.3 Å². The number of ether oxygens (including phenoxy) is 2. The zero-order valence-electron chi connectivity index (χ0n) is 18.4. The molecular formula is C24H26N4O3. The lowest BCUT2D eigenvalue weighted by Crippen LogP contribution is -2.13. The standard InChI is InChI=1S/C24H26N4O3/c1-14(2)13-28-23-18(11-16-7-6-15(3)10-19(16)25-23)22(27-28)26-24(29)17-8-9-20(30-4)21(12-17)31-5/h6-12,14H,13H2,1-5H3,(H,26,27,29). The van der Waals surface area contributed by atoms with E-state index in [-0.39, 0.29) is 5.91 Å². The fourth-order valence-corrected chi connectivity index (χ4v) is 3.58. The Kier molecular flexibility index (Phi) is 5.50. The van der Waals surface area contributed by atoms with Crippen LogP contribution in [0, 0.1) is 12.8 Å². The molecule has 0 aliphatic carbocycles. The summed E-state index contributed by atoms with van der Waals surface area (Å²) < 4.78 is 12.4. The molecule has 0 fully saturated rings. The Hall–Kier alpha value is -3.61. The molecule has 4 rings (SSSR count). The Morgan fingerprint density at radius 1 is 1.06 bits per heavy atom. The van der Waals surface area contributed by atoms with Crippen molar-refractivity contribution in [3.8, 4) is 11.5 Å². The van der Waals surface area contributed by atoms with Crippen LogP contribution in [0.5, 0.6) is 11.5 Å². The van der Waals surface area contributed by atoms with Gasteiger partial charge in [0.15, 0.2) is 23.0 Å². The number of hydrogen-bond donors (Lipinski definition) is 1. The Morgan fingerprint density at radius 3 is 2.55 bits per heavy atom. The number of hydrogen-bond acceptors (Lipinski definition) is 5. The molecule has 0 radical (unpaired) electrons. The fourth-order valence-electron chi connectivity index (χ4n) is 3.58. The third-order valence-corrected chi connectivity index (χ3v) is 5.09. The SMILES string of the molecule is COc1ccc(C(=O)Nc2nn(CC(C)C)c3nc4cc(C)ccc4cc23)cc1OC. The number of methoxy groups -OCH3 is 2. The maximum Gasteiger partial charge on any atom is 0.257 e. The number of amides is 1. The van der Waals surface area contributed by atoms with Crippen LogP contribution in [0.2, 0.25) is 0 Å². The molecule has 0 bridgehead atoms. The molecule has 7 nitrogen and oxygen atoms in total. The molecular weight excluding hydrogens is 392 g/mol. The van der Waals surface area contributed by atoms with Gasteiger partial charge in [0, 0.05) is 17.5 Å². The van der Waals surface area contributed by atoms with Crippen LogP contribution >= 0.6 is 0 Å². The molecule has 2 aromatic carbocycles. The molecule has 0 atom stereocenters. The number of pyridine rings is 1. The molecule has 0 unspecified atom stereocenters. The zero-order chi connectivity index (χ0) is 22.1. The number of carbonyl (C=O) groups is 1. The van der Waals surface area contributed by atoms with Crippen molar-refractivity contribution in [1.82, 2.24) is 14.8 Å². The fraction of sp³-hybridized carbons (Fsp3) is 0.292. The van der Waals surface area contributed by atoms with Gasteiger partial charge in [0.25, 0.3) is 5.91 Å². The molecule has 4 aromatic rings. The van der Waals surface area contributed by atoms with Gasteiger partial charge in [0.2, 0.25) is 0 Å². The highest BCUT2D eigenvalue weighted by molar-refractivity contribution is 6.09. The summed E-state index contributed by atoms with van der Waals surface area (Å²) in [6.45, 7) is 7.00. The van der Waals surface area contributed by atoms with Crippen molar-refractivity contribution in [2.24, 2.45) is 5.92 Å². The van der Waals surface area contributed by atoms with E-state index in [1.165, 1.54) is 0 Å². The van der Waals surface area contributed by atoms with Crippen molar-refractivity contribution in [3.63, 3.8) is 0 Å². The second-order valence-corrected chi connectivity index (χ2v) is 8.00. The maximum atomic E-state index is 13.0. The largest absolute Gasteiger partial charge is 0.493 e. The van der Waals surface area contributed by atoms with Gasteiger partial charge in [-0.25, -0.2) is 9.67 Å². The molecule has 2 aromatic heterocycles. The smallest absolute Gasteiger partial charge is 0.257 e. The highest BCUT2D eigenvalue weighted by atomic mass is 16.5. The summed E-state index contributed by atoms with van der Waals surface area (Å²) >= 11 is 0. The molecule has 1 amide bonds. The number of aromatic nitrogens is 3. The predicted octanol–water partition coefficient (Wildman–Crippen LogP) is 4.82. The lowest BCUT2D eigenvalue weighted by Gasteiger charge is -2.09. The molecule has 0 saturated carbocycles. The van der Waals surface area contributed by atoms with Crippen LogP contribution in [-0.4, -0.2) is 34.9 Å². The van der Waals surface area contributed by atoms with Gasteiger partial charge in [0.1, 0.15) is 0 Å².